The van der Waals surface area contributed by atoms with Crippen LogP contribution < -0.4 is 5.32 Å². The molecule has 2 aliphatic rings. The van der Waals surface area contributed by atoms with Crippen molar-refractivity contribution in [1.82, 2.24) is 15.1 Å². The van der Waals surface area contributed by atoms with Crippen molar-refractivity contribution in [2.75, 3.05) is 66.1 Å². The second-order valence-electron chi connectivity index (χ2n) is 5.74. The van der Waals surface area contributed by atoms with Crippen molar-refractivity contribution >= 4 is 12.4 Å². The van der Waals surface area contributed by atoms with Gasteiger partial charge in [-0.3, -0.25) is 4.90 Å². The Morgan fingerprint density at radius 3 is 2.53 bits per heavy atom. The van der Waals surface area contributed by atoms with E-state index < -0.39 is 0 Å². The quantitative estimate of drug-likeness (QED) is 0.792. The minimum Gasteiger partial charge on any atom is -0.379 e. The zero-order chi connectivity index (χ0) is 12.6. The van der Waals surface area contributed by atoms with E-state index in [9.17, 15) is 0 Å². The lowest BCUT2D eigenvalue weighted by Gasteiger charge is -2.29. The zero-order valence-electron chi connectivity index (χ0n) is 12.3. The molecule has 2 saturated heterocycles. The lowest BCUT2D eigenvalue weighted by molar-refractivity contribution is 0.0342. The van der Waals surface area contributed by atoms with Gasteiger partial charge in [-0.2, -0.15) is 0 Å². The Labute approximate surface area is 124 Å². The number of hydrogen-bond acceptors (Lipinski definition) is 4. The van der Waals surface area contributed by atoms with Crippen molar-refractivity contribution < 1.29 is 4.74 Å². The lowest BCUT2D eigenvalue weighted by Crippen LogP contribution is -2.41. The van der Waals surface area contributed by atoms with Crippen LogP contribution in [-0.4, -0.2) is 75.9 Å². The minimum atomic E-state index is 0. The number of nitrogens with zero attached hydrogens (tertiary/aromatic N) is 2. The molecule has 0 unspecified atom stereocenters. The normalized spacial score (nSPS) is 22.4. The summed E-state index contributed by atoms with van der Waals surface area (Å²) in [5, 5.41) is 3.44. The summed E-state index contributed by atoms with van der Waals surface area (Å²) in [4.78, 5) is 5.02. The Morgan fingerprint density at radius 2 is 1.84 bits per heavy atom. The van der Waals surface area contributed by atoms with Gasteiger partial charge in [0.05, 0.1) is 13.2 Å². The fraction of sp³-hybridized carbons (Fsp3) is 1.00. The van der Waals surface area contributed by atoms with Crippen LogP contribution in [-0.2, 0) is 4.74 Å². The van der Waals surface area contributed by atoms with Crippen LogP contribution in [0.3, 0.4) is 0 Å². The first kappa shape index (κ1) is 17.2. The first-order valence-corrected chi connectivity index (χ1v) is 7.54. The highest BCUT2D eigenvalue weighted by Gasteiger charge is 2.14. The summed E-state index contributed by atoms with van der Waals surface area (Å²) in [6, 6.07) is 0. The fourth-order valence-electron chi connectivity index (χ4n) is 2.82. The Hall–Kier alpha value is 0.130. The van der Waals surface area contributed by atoms with Gasteiger partial charge in [0.15, 0.2) is 0 Å². The van der Waals surface area contributed by atoms with E-state index in [-0.39, 0.29) is 12.4 Å². The Kier molecular flexibility index (Phi) is 8.99. The topological polar surface area (TPSA) is 27.7 Å². The van der Waals surface area contributed by atoms with E-state index in [1.54, 1.807) is 0 Å². The summed E-state index contributed by atoms with van der Waals surface area (Å²) in [6.07, 6.45) is 4.12. The van der Waals surface area contributed by atoms with E-state index in [1.807, 2.05) is 0 Å². The van der Waals surface area contributed by atoms with E-state index in [0.29, 0.717) is 0 Å². The number of ether oxygens (including phenoxy) is 1. The lowest BCUT2D eigenvalue weighted by atomic mass is 9.94. The predicted molar refractivity (Wildman–Crippen MR) is 82.2 cm³/mol. The van der Waals surface area contributed by atoms with E-state index in [2.05, 4.69) is 22.2 Å². The first-order valence-electron chi connectivity index (χ1n) is 7.54. The van der Waals surface area contributed by atoms with Gasteiger partial charge in [0.1, 0.15) is 0 Å². The van der Waals surface area contributed by atoms with Crippen LogP contribution in [0.15, 0.2) is 0 Å². The molecule has 1 N–H and O–H groups in total. The Morgan fingerprint density at radius 1 is 1.16 bits per heavy atom. The zero-order valence-corrected chi connectivity index (χ0v) is 13.1. The average Bonchev–Trinajstić information content (AvgIpc) is 2.45. The van der Waals surface area contributed by atoms with Gasteiger partial charge in [0.25, 0.3) is 0 Å². The summed E-state index contributed by atoms with van der Waals surface area (Å²) in [5.74, 6) is 0.956. The van der Waals surface area contributed by atoms with Crippen molar-refractivity contribution in [1.29, 1.82) is 0 Å². The highest BCUT2D eigenvalue weighted by atomic mass is 35.5. The summed E-state index contributed by atoms with van der Waals surface area (Å²) in [7, 11) is 2.27. The molecule has 2 fully saturated rings. The van der Waals surface area contributed by atoms with Gasteiger partial charge in [-0.05, 0) is 51.9 Å². The number of nitrogens with one attached hydrogen (secondary N) is 1. The third-order valence-electron chi connectivity index (χ3n) is 4.28. The largest absolute Gasteiger partial charge is 0.379 e. The van der Waals surface area contributed by atoms with Crippen molar-refractivity contribution in [2.45, 2.75) is 19.3 Å². The van der Waals surface area contributed by atoms with Gasteiger partial charge in [-0.15, -0.1) is 12.4 Å². The molecule has 0 aromatic rings. The Bertz CT molecular complexity index is 197. The molecule has 0 aliphatic carbocycles. The maximum Gasteiger partial charge on any atom is 0.0594 e. The van der Waals surface area contributed by atoms with Gasteiger partial charge in [0.2, 0.25) is 0 Å². The molecule has 0 saturated carbocycles. The fourth-order valence-corrected chi connectivity index (χ4v) is 2.82. The van der Waals surface area contributed by atoms with E-state index in [4.69, 9.17) is 4.74 Å². The second kappa shape index (κ2) is 9.94. The highest BCUT2D eigenvalue weighted by molar-refractivity contribution is 5.85. The molecule has 0 bridgehead atoms. The number of rotatable bonds is 6. The van der Waals surface area contributed by atoms with Gasteiger partial charge in [-0.25, -0.2) is 0 Å². The summed E-state index contributed by atoms with van der Waals surface area (Å²) >= 11 is 0. The molecule has 2 rings (SSSR count). The second-order valence-corrected chi connectivity index (χ2v) is 5.74. The average molecular weight is 292 g/mol. The van der Waals surface area contributed by atoms with E-state index in [1.165, 1.54) is 52.0 Å². The molecule has 0 radical (unpaired) electrons. The van der Waals surface area contributed by atoms with Crippen LogP contribution in [0.4, 0.5) is 0 Å². The monoisotopic (exact) mass is 291 g/mol. The third kappa shape index (κ3) is 6.91. The molecule has 2 aliphatic heterocycles. The van der Waals surface area contributed by atoms with Crippen molar-refractivity contribution in [3.05, 3.63) is 0 Å². The van der Waals surface area contributed by atoms with Crippen molar-refractivity contribution in [3.8, 4) is 0 Å². The smallest absolute Gasteiger partial charge is 0.0594 e. The van der Waals surface area contributed by atoms with Gasteiger partial charge in [0, 0.05) is 26.2 Å². The van der Waals surface area contributed by atoms with Gasteiger partial charge in [-0.1, -0.05) is 0 Å². The van der Waals surface area contributed by atoms with E-state index >= 15 is 0 Å². The molecule has 4 nitrogen and oxygen atoms in total. The molecular formula is C14H30ClN3O. The minimum absolute atomic E-state index is 0. The van der Waals surface area contributed by atoms with Gasteiger partial charge < -0.3 is 15.0 Å². The van der Waals surface area contributed by atoms with Crippen LogP contribution >= 0.6 is 12.4 Å². The molecular weight excluding hydrogens is 262 g/mol. The van der Waals surface area contributed by atoms with Crippen LogP contribution in [0.1, 0.15) is 19.3 Å². The number of morpholine rings is 1. The van der Waals surface area contributed by atoms with Crippen LogP contribution in [0.5, 0.6) is 0 Å². The van der Waals surface area contributed by atoms with Crippen LogP contribution in [0, 0.1) is 5.92 Å². The molecule has 2 heterocycles. The molecule has 0 aromatic carbocycles. The molecule has 0 atom stereocenters. The number of halogens is 1. The maximum absolute atomic E-state index is 5.37. The van der Waals surface area contributed by atoms with Crippen LogP contribution in [0.25, 0.3) is 0 Å². The number of likely N-dealkylation sites (N-methyl/N-ethyl adjacent to an activating group) is 1. The summed E-state index contributed by atoms with van der Waals surface area (Å²) < 4.78 is 5.37. The molecule has 19 heavy (non-hydrogen) atoms. The first-order chi connectivity index (χ1) is 8.84. The Balaban J connectivity index is 0.00000180. The highest BCUT2D eigenvalue weighted by Crippen LogP contribution is 2.15. The van der Waals surface area contributed by atoms with Crippen LogP contribution in [0.2, 0.25) is 0 Å². The molecule has 0 amide bonds. The van der Waals surface area contributed by atoms with Crippen molar-refractivity contribution in [3.63, 3.8) is 0 Å². The number of piperidine rings is 1. The van der Waals surface area contributed by atoms with Crippen molar-refractivity contribution in [2.24, 2.45) is 5.92 Å². The molecule has 5 heteroatoms. The standard InChI is InChI=1S/C14H29N3O.ClH/c1-16(7-4-14-2-5-15-6-3-14)8-9-17-10-12-18-13-11-17;/h14-15H,2-13H2,1H3;1H. The molecule has 0 spiro atoms. The molecule has 0 aromatic heterocycles. The SMILES string of the molecule is CN(CCC1CCNCC1)CCN1CCOCC1.Cl. The third-order valence-corrected chi connectivity index (χ3v) is 4.28. The maximum atomic E-state index is 5.37. The predicted octanol–water partition coefficient (Wildman–Crippen LogP) is 1.06. The number of hydrogen-bond donors (Lipinski definition) is 1. The summed E-state index contributed by atoms with van der Waals surface area (Å²) in [6.45, 7) is 10.2. The summed E-state index contributed by atoms with van der Waals surface area (Å²) in [5.41, 5.74) is 0. The van der Waals surface area contributed by atoms with Gasteiger partial charge >= 0.3 is 0 Å². The van der Waals surface area contributed by atoms with E-state index in [0.717, 1.165) is 32.2 Å². The molecule has 114 valence electrons.